The van der Waals surface area contributed by atoms with Crippen molar-refractivity contribution in [1.29, 1.82) is 0 Å². The number of anilines is 1. The minimum absolute atomic E-state index is 0.817. The van der Waals surface area contributed by atoms with E-state index in [1.165, 1.54) is 68.9 Å². The normalized spacial score (nSPS) is 17.6. The molecule has 1 aromatic carbocycles. The van der Waals surface area contributed by atoms with Crippen LogP contribution in [0.3, 0.4) is 0 Å². The van der Waals surface area contributed by atoms with Crippen molar-refractivity contribution in [3.63, 3.8) is 0 Å². The molecule has 3 aliphatic heterocycles. The fraction of sp³-hybridized carbons (Fsp3) is 0.500. The first-order valence-corrected chi connectivity index (χ1v) is 11.9. The van der Waals surface area contributed by atoms with Gasteiger partial charge in [0.2, 0.25) is 5.36 Å². The molecule has 3 heterocycles. The predicted octanol–water partition coefficient (Wildman–Crippen LogP) is 3.93. The van der Waals surface area contributed by atoms with E-state index in [0.717, 1.165) is 39.1 Å². The Morgan fingerprint density at radius 1 is 1.00 bits per heavy atom. The van der Waals surface area contributed by atoms with Gasteiger partial charge in [0.25, 0.3) is 0 Å². The number of aryl methyl sites for hydroxylation is 2. The van der Waals surface area contributed by atoms with E-state index in [1.807, 2.05) is 11.3 Å². The van der Waals surface area contributed by atoms with E-state index < -0.39 is 0 Å². The Bertz CT molecular complexity index is 1070. The van der Waals surface area contributed by atoms with Crippen LogP contribution in [-0.4, -0.2) is 44.4 Å². The SMILES string of the molecule is CCc1cc(=[N+]2CCCC2)cc2sc3cc(N4CCOCC4)cc(CC)c3nc1-2. The summed E-state index contributed by atoms with van der Waals surface area (Å²) in [6.07, 6.45) is 4.65. The molecule has 1 aromatic rings. The average molecular weight is 409 g/mol. The number of hydrogen-bond donors (Lipinski definition) is 0. The summed E-state index contributed by atoms with van der Waals surface area (Å²) in [6, 6.07) is 9.46. The zero-order valence-electron chi connectivity index (χ0n) is 17.5. The summed E-state index contributed by atoms with van der Waals surface area (Å²) >= 11 is 1.91. The standard InChI is InChI=1S/C24H30N3OS/c1-3-17-13-19(26-7-5-6-8-26)15-21-23(17)25-24-18(4-2)14-20(16-22(24)29-21)27-9-11-28-12-10-27/h13-16H,3-12H2,1-2H3/q+1. The molecular weight excluding hydrogens is 378 g/mol. The lowest BCUT2D eigenvalue weighted by molar-refractivity contribution is 0.122. The second-order valence-corrected chi connectivity index (χ2v) is 9.20. The highest BCUT2D eigenvalue weighted by Gasteiger charge is 2.20. The molecule has 1 aliphatic carbocycles. The van der Waals surface area contributed by atoms with Crippen molar-refractivity contribution < 1.29 is 4.74 Å². The number of hydrogen-bond acceptors (Lipinski definition) is 4. The lowest BCUT2D eigenvalue weighted by Crippen LogP contribution is -2.36. The van der Waals surface area contributed by atoms with Gasteiger partial charge in [-0.15, -0.1) is 11.3 Å². The van der Waals surface area contributed by atoms with E-state index in [9.17, 15) is 0 Å². The van der Waals surface area contributed by atoms with Gasteiger partial charge in [-0.3, -0.25) is 0 Å². The van der Waals surface area contributed by atoms with Crippen molar-refractivity contribution in [2.75, 3.05) is 44.3 Å². The Kier molecular flexibility index (Phi) is 5.27. The molecule has 0 saturated carbocycles. The number of fused-ring (bicyclic) bond motifs is 2. The minimum Gasteiger partial charge on any atom is -0.378 e. The fourth-order valence-corrected chi connectivity index (χ4v) is 5.78. The number of ether oxygens (including phenoxy) is 1. The number of nitrogens with zero attached hydrogens (tertiary/aromatic N) is 3. The zero-order valence-corrected chi connectivity index (χ0v) is 18.4. The molecule has 0 amide bonds. The van der Waals surface area contributed by atoms with Crippen molar-refractivity contribution in [2.24, 2.45) is 0 Å². The van der Waals surface area contributed by atoms with E-state index in [2.05, 4.69) is 47.6 Å². The first kappa shape index (κ1) is 19.0. The molecule has 0 atom stereocenters. The van der Waals surface area contributed by atoms with Crippen molar-refractivity contribution >= 4 is 27.2 Å². The zero-order chi connectivity index (χ0) is 19.8. The van der Waals surface area contributed by atoms with Crippen LogP contribution in [0.1, 0.15) is 37.8 Å². The number of aromatic nitrogens is 1. The van der Waals surface area contributed by atoms with E-state index >= 15 is 0 Å². The first-order chi connectivity index (χ1) is 14.3. The quantitative estimate of drug-likeness (QED) is 0.486. The molecule has 0 bridgehead atoms. The third-order valence-electron chi connectivity index (χ3n) is 6.33. The Balaban J connectivity index is 1.73. The van der Waals surface area contributed by atoms with Crippen LogP contribution in [0.15, 0.2) is 24.3 Å². The summed E-state index contributed by atoms with van der Waals surface area (Å²) in [5.74, 6) is 0. The maximum Gasteiger partial charge on any atom is 0.201 e. The van der Waals surface area contributed by atoms with Crippen molar-refractivity contribution in [3.05, 3.63) is 40.7 Å². The van der Waals surface area contributed by atoms with Crippen LogP contribution in [-0.2, 0) is 17.6 Å². The summed E-state index contributed by atoms with van der Waals surface area (Å²) in [4.78, 5) is 9.00. The van der Waals surface area contributed by atoms with E-state index in [4.69, 9.17) is 9.72 Å². The third-order valence-corrected chi connectivity index (χ3v) is 7.39. The fourth-order valence-electron chi connectivity index (χ4n) is 4.64. The molecule has 152 valence electrons. The van der Waals surface area contributed by atoms with Crippen LogP contribution >= 0.6 is 11.3 Å². The second kappa shape index (κ2) is 8.04. The number of rotatable bonds is 3. The highest BCUT2D eigenvalue weighted by Crippen LogP contribution is 2.36. The summed E-state index contributed by atoms with van der Waals surface area (Å²) in [7, 11) is 0. The lowest BCUT2D eigenvalue weighted by atomic mass is 10.1. The molecule has 0 radical (unpaired) electrons. The monoisotopic (exact) mass is 408 g/mol. The van der Waals surface area contributed by atoms with Gasteiger partial charge in [0.05, 0.1) is 34.0 Å². The van der Waals surface area contributed by atoms with Crippen LogP contribution in [0.4, 0.5) is 5.69 Å². The van der Waals surface area contributed by atoms with E-state index in [0.29, 0.717) is 0 Å². The molecule has 0 aromatic heterocycles. The molecule has 0 spiro atoms. The molecule has 4 aliphatic rings. The Morgan fingerprint density at radius 2 is 1.76 bits per heavy atom. The summed E-state index contributed by atoms with van der Waals surface area (Å²) in [5.41, 5.74) is 6.43. The molecule has 2 saturated heterocycles. The van der Waals surface area contributed by atoms with Crippen LogP contribution in [0.5, 0.6) is 0 Å². The number of morpholine rings is 1. The summed E-state index contributed by atoms with van der Waals surface area (Å²) in [5, 5.41) is 1.38. The Hall–Kier alpha value is -1.98. The predicted molar refractivity (Wildman–Crippen MR) is 122 cm³/mol. The maximum absolute atomic E-state index is 5.55. The number of benzene rings is 2. The highest BCUT2D eigenvalue weighted by atomic mass is 32.1. The summed E-state index contributed by atoms with van der Waals surface area (Å²) in [6.45, 7) is 10.4. The van der Waals surface area contributed by atoms with Crippen molar-refractivity contribution in [3.8, 4) is 10.6 Å². The van der Waals surface area contributed by atoms with Gasteiger partial charge in [0, 0.05) is 43.8 Å². The van der Waals surface area contributed by atoms with Crippen molar-refractivity contribution in [1.82, 2.24) is 9.56 Å². The van der Waals surface area contributed by atoms with Gasteiger partial charge in [-0.05, 0) is 36.1 Å². The van der Waals surface area contributed by atoms with Gasteiger partial charge >= 0.3 is 0 Å². The molecule has 5 heteroatoms. The van der Waals surface area contributed by atoms with Crippen LogP contribution < -0.4 is 14.8 Å². The van der Waals surface area contributed by atoms with Gasteiger partial charge in [-0.1, -0.05) is 13.8 Å². The van der Waals surface area contributed by atoms with Gasteiger partial charge < -0.3 is 9.64 Å². The third kappa shape index (κ3) is 3.55. The molecule has 5 rings (SSSR count). The summed E-state index contributed by atoms with van der Waals surface area (Å²) < 4.78 is 9.40. The van der Waals surface area contributed by atoms with Gasteiger partial charge in [0.1, 0.15) is 13.1 Å². The largest absolute Gasteiger partial charge is 0.378 e. The minimum atomic E-state index is 0.817. The van der Waals surface area contributed by atoms with Crippen molar-refractivity contribution in [2.45, 2.75) is 39.5 Å². The maximum atomic E-state index is 5.55. The molecule has 0 unspecified atom stereocenters. The molecule has 2 fully saturated rings. The molecular formula is C24H30N3OS+. The lowest BCUT2D eigenvalue weighted by Gasteiger charge is -2.29. The van der Waals surface area contributed by atoms with E-state index in [1.54, 1.807) is 0 Å². The van der Waals surface area contributed by atoms with E-state index in [-0.39, 0.29) is 0 Å². The van der Waals surface area contributed by atoms with Crippen LogP contribution in [0.25, 0.3) is 20.8 Å². The van der Waals surface area contributed by atoms with Crippen LogP contribution in [0.2, 0.25) is 0 Å². The average Bonchev–Trinajstić information content (AvgIpc) is 3.32. The van der Waals surface area contributed by atoms with Gasteiger partial charge in [-0.2, -0.15) is 0 Å². The Labute approximate surface area is 176 Å². The molecule has 29 heavy (non-hydrogen) atoms. The molecule has 0 N–H and O–H groups in total. The second-order valence-electron chi connectivity index (χ2n) is 8.12. The smallest absolute Gasteiger partial charge is 0.201 e. The highest BCUT2D eigenvalue weighted by molar-refractivity contribution is 7.21. The van der Waals surface area contributed by atoms with Gasteiger partial charge in [-0.25, -0.2) is 9.56 Å². The molecule has 4 nitrogen and oxygen atoms in total. The first-order valence-electron chi connectivity index (χ1n) is 11.1. The Morgan fingerprint density at radius 3 is 2.48 bits per heavy atom. The van der Waals surface area contributed by atoms with Gasteiger partial charge in [0.15, 0.2) is 0 Å². The topological polar surface area (TPSA) is 28.4 Å². The van der Waals surface area contributed by atoms with Crippen LogP contribution in [0, 0.1) is 0 Å².